The Morgan fingerprint density at radius 1 is 0.917 bits per heavy atom. The number of fused-ring (bicyclic) bond motifs is 1. The summed E-state index contributed by atoms with van der Waals surface area (Å²) >= 11 is 0. The Kier molecular flexibility index (Phi) is 9.79. The normalized spacial score (nSPS) is 17.3. The van der Waals surface area contributed by atoms with Crippen LogP contribution in [0.25, 0.3) is 10.9 Å². The third-order valence-corrected chi connectivity index (χ3v) is 7.28. The van der Waals surface area contributed by atoms with Gasteiger partial charge in [-0.05, 0) is 68.7 Å². The van der Waals surface area contributed by atoms with Crippen molar-refractivity contribution in [1.29, 1.82) is 0 Å². The van der Waals surface area contributed by atoms with Gasteiger partial charge in [-0.3, -0.25) is 19.4 Å². The van der Waals surface area contributed by atoms with Crippen molar-refractivity contribution in [2.24, 2.45) is 0 Å². The van der Waals surface area contributed by atoms with E-state index in [9.17, 15) is 9.59 Å². The van der Waals surface area contributed by atoms with Crippen molar-refractivity contribution >= 4 is 53.2 Å². The summed E-state index contributed by atoms with van der Waals surface area (Å²) in [6, 6.07) is 17.7. The first-order chi connectivity index (χ1) is 16.6. The molecule has 0 radical (unpaired) electrons. The number of aromatic amines is 1. The van der Waals surface area contributed by atoms with Gasteiger partial charge in [0.25, 0.3) is 5.91 Å². The second-order valence-corrected chi connectivity index (χ2v) is 9.46. The maximum atomic E-state index is 13.5. The van der Waals surface area contributed by atoms with Gasteiger partial charge in [-0.2, -0.15) is 0 Å². The van der Waals surface area contributed by atoms with Crippen molar-refractivity contribution in [3.8, 4) is 0 Å². The molecule has 0 unspecified atom stereocenters. The number of hydrogen-bond donors (Lipinski definition) is 1. The number of rotatable bonds is 5. The fourth-order valence-corrected chi connectivity index (χ4v) is 5.16. The Morgan fingerprint density at radius 3 is 2.31 bits per heavy atom. The zero-order valence-electron chi connectivity index (χ0n) is 20.6. The van der Waals surface area contributed by atoms with E-state index in [0.29, 0.717) is 11.6 Å². The first kappa shape index (κ1) is 28.0. The van der Waals surface area contributed by atoms with Crippen LogP contribution in [0.2, 0.25) is 0 Å². The van der Waals surface area contributed by atoms with Crippen LogP contribution in [0, 0.1) is 0 Å². The molecule has 0 spiro atoms. The van der Waals surface area contributed by atoms with E-state index in [1.54, 1.807) is 4.90 Å². The molecule has 2 amide bonds. The highest BCUT2D eigenvalue weighted by atomic mass is 35.5. The first-order valence-electron chi connectivity index (χ1n) is 12.2. The van der Waals surface area contributed by atoms with Crippen LogP contribution in [0.5, 0.6) is 0 Å². The van der Waals surface area contributed by atoms with E-state index in [-0.39, 0.29) is 43.2 Å². The number of nitrogens with one attached hydrogen (secondary N) is 1. The summed E-state index contributed by atoms with van der Waals surface area (Å²) in [4.78, 5) is 38.5. The quantitative estimate of drug-likeness (QED) is 0.542. The Labute approximate surface area is 225 Å². The first-order valence-corrected chi connectivity index (χ1v) is 12.2. The van der Waals surface area contributed by atoms with Gasteiger partial charge in [0.1, 0.15) is 6.54 Å². The molecule has 0 aliphatic carbocycles. The van der Waals surface area contributed by atoms with Crippen molar-refractivity contribution in [3.63, 3.8) is 0 Å². The molecule has 36 heavy (non-hydrogen) atoms. The lowest BCUT2D eigenvalue weighted by Gasteiger charge is -2.42. The number of hydrogen-bond acceptors (Lipinski definition) is 4. The van der Waals surface area contributed by atoms with Crippen molar-refractivity contribution in [1.82, 2.24) is 19.7 Å². The Balaban J connectivity index is 0.00000180. The van der Waals surface area contributed by atoms with Gasteiger partial charge in [-0.15, -0.1) is 24.8 Å². The topological polar surface area (TPSA) is 62.9 Å². The molecule has 0 saturated carbocycles. The number of carbonyl (C=O) groups excluding carboxylic acids is 2. The van der Waals surface area contributed by atoms with Crippen LogP contribution in [-0.2, 0) is 4.79 Å². The standard InChI is InChI=1S/C27H33N5O2.2ClH/c1-29-13-10-23(11-14-29)30-15-17-31(18-16-30)26(33)20-32(24-5-3-2-4-6-24)27(34)22-8-7-21-9-12-28-25(21)19-22;;/h2-9,12,19,23,28H,10-11,13-18,20H2,1H3;2*1H. The Morgan fingerprint density at radius 2 is 1.61 bits per heavy atom. The van der Waals surface area contributed by atoms with Gasteiger partial charge in [0, 0.05) is 55.2 Å². The number of carbonyl (C=O) groups is 2. The molecular formula is C27H35Cl2N5O2. The molecule has 194 valence electrons. The predicted molar refractivity (Wildman–Crippen MR) is 150 cm³/mol. The van der Waals surface area contributed by atoms with Crippen molar-refractivity contribution in [3.05, 3.63) is 66.4 Å². The predicted octanol–water partition coefficient (Wildman–Crippen LogP) is 3.90. The lowest BCUT2D eigenvalue weighted by atomic mass is 10.0. The van der Waals surface area contributed by atoms with Crippen LogP contribution in [0.3, 0.4) is 0 Å². The Hall–Kier alpha value is -2.58. The smallest absolute Gasteiger partial charge is 0.258 e. The van der Waals surface area contributed by atoms with Gasteiger partial charge in [0.15, 0.2) is 0 Å². The van der Waals surface area contributed by atoms with Crippen LogP contribution >= 0.6 is 24.8 Å². The molecule has 0 atom stereocenters. The largest absolute Gasteiger partial charge is 0.361 e. The zero-order valence-corrected chi connectivity index (χ0v) is 22.3. The summed E-state index contributed by atoms with van der Waals surface area (Å²) in [6.07, 6.45) is 4.26. The summed E-state index contributed by atoms with van der Waals surface area (Å²) in [7, 11) is 2.18. The van der Waals surface area contributed by atoms with E-state index >= 15 is 0 Å². The van der Waals surface area contributed by atoms with E-state index < -0.39 is 0 Å². The summed E-state index contributed by atoms with van der Waals surface area (Å²) in [6.45, 7) is 5.58. The lowest BCUT2D eigenvalue weighted by Crippen LogP contribution is -2.55. The molecule has 2 aromatic carbocycles. The van der Waals surface area contributed by atoms with Gasteiger partial charge in [0.2, 0.25) is 5.91 Å². The van der Waals surface area contributed by atoms with Gasteiger partial charge >= 0.3 is 0 Å². The van der Waals surface area contributed by atoms with E-state index in [2.05, 4.69) is 21.8 Å². The number of piperidine rings is 1. The minimum atomic E-state index is -0.166. The van der Waals surface area contributed by atoms with Crippen LogP contribution < -0.4 is 4.90 Å². The van der Waals surface area contributed by atoms with Gasteiger partial charge < -0.3 is 14.8 Å². The zero-order chi connectivity index (χ0) is 23.5. The second-order valence-electron chi connectivity index (χ2n) is 9.46. The number of aromatic nitrogens is 1. The van der Waals surface area contributed by atoms with Crippen molar-refractivity contribution < 1.29 is 9.59 Å². The van der Waals surface area contributed by atoms with E-state index in [1.165, 1.54) is 12.8 Å². The number of amides is 2. The van der Waals surface area contributed by atoms with Crippen molar-refractivity contribution in [2.75, 3.05) is 57.8 Å². The number of likely N-dealkylation sites (tertiary alicyclic amines) is 1. The average Bonchev–Trinajstić information content (AvgIpc) is 3.36. The number of para-hydroxylation sites is 1. The number of nitrogens with zero attached hydrogens (tertiary/aromatic N) is 4. The molecule has 2 fully saturated rings. The minimum Gasteiger partial charge on any atom is -0.361 e. The maximum Gasteiger partial charge on any atom is 0.258 e. The van der Waals surface area contributed by atoms with E-state index in [0.717, 1.165) is 55.9 Å². The summed E-state index contributed by atoms with van der Waals surface area (Å²) < 4.78 is 0. The molecule has 2 saturated heterocycles. The van der Waals surface area contributed by atoms with E-state index in [1.807, 2.05) is 65.7 Å². The molecule has 7 nitrogen and oxygen atoms in total. The number of piperazine rings is 1. The molecule has 2 aliphatic rings. The van der Waals surface area contributed by atoms with Crippen LogP contribution in [0.4, 0.5) is 5.69 Å². The molecule has 1 aromatic heterocycles. The third kappa shape index (κ3) is 6.21. The van der Waals surface area contributed by atoms with Gasteiger partial charge in [-0.25, -0.2) is 0 Å². The van der Waals surface area contributed by atoms with E-state index in [4.69, 9.17) is 0 Å². The highest BCUT2D eigenvalue weighted by molar-refractivity contribution is 6.10. The molecule has 2 aliphatic heterocycles. The molecular weight excluding hydrogens is 497 g/mol. The van der Waals surface area contributed by atoms with Gasteiger partial charge in [0.05, 0.1) is 0 Å². The number of anilines is 1. The Bertz CT molecular complexity index is 1140. The highest BCUT2D eigenvalue weighted by Gasteiger charge is 2.30. The fourth-order valence-electron chi connectivity index (χ4n) is 5.16. The molecule has 3 heterocycles. The number of H-pyrrole nitrogens is 1. The number of benzene rings is 2. The molecule has 1 N–H and O–H groups in total. The molecule has 5 rings (SSSR count). The second kappa shape index (κ2) is 12.6. The number of halogens is 2. The lowest BCUT2D eigenvalue weighted by molar-refractivity contribution is -0.131. The summed E-state index contributed by atoms with van der Waals surface area (Å²) in [5, 5.41) is 1.06. The summed E-state index contributed by atoms with van der Waals surface area (Å²) in [5.41, 5.74) is 2.21. The van der Waals surface area contributed by atoms with Crippen LogP contribution in [-0.4, -0.2) is 90.4 Å². The van der Waals surface area contributed by atoms with Crippen LogP contribution in [0.15, 0.2) is 60.8 Å². The van der Waals surface area contributed by atoms with Crippen molar-refractivity contribution in [2.45, 2.75) is 18.9 Å². The third-order valence-electron chi connectivity index (χ3n) is 7.28. The maximum absolute atomic E-state index is 13.5. The van der Waals surface area contributed by atoms with Gasteiger partial charge in [-0.1, -0.05) is 24.3 Å². The SMILES string of the molecule is CN1CCC(N2CCN(C(=O)CN(C(=O)c3ccc4cc[nH]c4c3)c3ccccc3)CC2)CC1.Cl.Cl. The average molecular weight is 533 g/mol. The van der Waals surface area contributed by atoms with Crippen LogP contribution in [0.1, 0.15) is 23.2 Å². The minimum absolute atomic E-state index is 0. The molecule has 9 heteroatoms. The summed E-state index contributed by atoms with van der Waals surface area (Å²) in [5.74, 6) is -0.165. The highest BCUT2D eigenvalue weighted by Crippen LogP contribution is 2.21. The fraction of sp³-hybridized carbons (Fsp3) is 0.407. The monoisotopic (exact) mass is 531 g/mol. The molecule has 3 aromatic rings. The molecule has 0 bridgehead atoms.